The Morgan fingerprint density at radius 2 is 1.71 bits per heavy atom. The van der Waals surface area contributed by atoms with Gasteiger partial charge in [-0.15, -0.1) is 0 Å². The number of carbonyl (C=O) groups excluding carboxylic acids is 1. The summed E-state index contributed by atoms with van der Waals surface area (Å²) in [7, 11) is -3.66. The molecule has 0 bridgehead atoms. The summed E-state index contributed by atoms with van der Waals surface area (Å²) in [5, 5.41) is 9.71. The predicted molar refractivity (Wildman–Crippen MR) is 130 cm³/mol. The van der Waals surface area contributed by atoms with Gasteiger partial charge in [-0.25, -0.2) is 13.4 Å². The summed E-state index contributed by atoms with van der Waals surface area (Å²) in [6.07, 6.45) is 0. The normalized spacial score (nSPS) is 15.0. The zero-order chi connectivity index (χ0) is 24.0. The van der Waals surface area contributed by atoms with Crippen LogP contribution >= 0.6 is 0 Å². The third-order valence-corrected chi connectivity index (χ3v) is 8.24. The molecule has 8 nitrogen and oxygen atoms in total. The first kappa shape index (κ1) is 22.1. The number of aromatic nitrogens is 2. The molecular weight excluding hydrogens is 450 g/mol. The number of nitriles is 1. The highest BCUT2D eigenvalue weighted by molar-refractivity contribution is 7.89. The van der Waals surface area contributed by atoms with E-state index in [1.807, 2.05) is 41.7 Å². The lowest BCUT2D eigenvalue weighted by molar-refractivity contribution is 0.101. The average molecular weight is 474 g/mol. The molecule has 0 spiro atoms. The topological polar surface area (TPSA) is 98.8 Å². The van der Waals surface area contributed by atoms with Gasteiger partial charge in [-0.2, -0.15) is 9.57 Å². The van der Waals surface area contributed by atoms with Crippen LogP contribution in [0.2, 0.25) is 0 Å². The quantitative estimate of drug-likeness (QED) is 0.422. The first-order valence-electron chi connectivity index (χ1n) is 11.0. The van der Waals surface area contributed by atoms with Gasteiger partial charge in [0.15, 0.2) is 11.4 Å². The van der Waals surface area contributed by atoms with E-state index in [1.54, 1.807) is 12.1 Å². The maximum atomic E-state index is 13.2. The van der Waals surface area contributed by atoms with E-state index < -0.39 is 10.0 Å². The Balaban J connectivity index is 1.47. The Kier molecular flexibility index (Phi) is 5.35. The maximum absolute atomic E-state index is 13.2. The third kappa shape index (κ3) is 3.52. The van der Waals surface area contributed by atoms with Crippen molar-refractivity contribution in [2.45, 2.75) is 18.7 Å². The molecule has 34 heavy (non-hydrogen) atoms. The number of anilines is 1. The van der Waals surface area contributed by atoms with Gasteiger partial charge in [0.1, 0.15) is 11.9 Å². The average Bonchev–Trinajstić information content (AvgIpc) is 3.23. The molecule has 1 fully saturated rings. The summed E-state index contributed by atoms with van der Waals surface area (Å²) >= 11 is 0. The molecule has 0 N–H and O–H groups in total. The van der Waals surface area contributed by atoms with Crippen molar-refractivity contribution in [2.24, 2.45) is 0 Å². The number of carbonyl (C=O) groups is 1. The zero-order valence-corrected chi connectivity index (χ0v) is 19.7. The van der Waals surface area contributed by atoms with Gasteiger partial charge in [0.25, 0.3) is 0 Å². The van der Waals surface area contributed by atoms with E-state index in [2.05, 4.69) is 11.0 Å². The van der Waals surface area contributed by atoms with Crippen LogP contribution in [0.1, 0.15) is 28.4 Å². The molecule has 172 valence electrons. The molecule has 0 amide bonds. The Bertz CT molecular complexity index is 1580. The highest BCUT2D eigenvalue weighted by Gasteiger charge is 2.30. The smallest absolute Gasteiger partial charge is 0.243 e. The molecule has 1 aliphatic rings. The number of para-hydroxylation sites is 2. The van der Waals surface area contributed by atoms with Gasteiger partial charge in [0, 0.05) is 31.7 Å². The number of ketones is 1. The van der Waals surface area contributed by atoms with Crippen LogP contribution in [-0.4, -0.2) is 54.1 Å². The molecule has 1 saturated heterocycles. The second-order valence-corrected chi connectivity index (χ2v) is 10.3. The lowest BCUT2D eigenvalue weighted by Gasteiger charge is -2.35. The number of hydrogen-bond acceptors (Lipinski definition) is 6. The molecular formula is C25H23N5O3S. The molecule has 5 rings (SSSR count). The molecule has 9 heteroatoms. The van der Waals surface area contributed by atoms with Crippen molar-refractivity contribution in [3.05, 3.63) is 71.3 Å². The van der Waals surface area contributed by atoms with Gasteiger partial charge in [-0.05, 0) is 49.7 Å². The van der Waals surface area contributed by atoms with Crippen molar-refractivity contribution in [3.63, 3.8) is 0 Å². The van der Waals surface area contributed by atoms with Crippen LogP contribution in [0.3, 0.4) is 0 Å². The summed E-state index contributed by atoms with van der Waals surface area (Å²) in [6.45, 7) is 4.99. The van der Waals surface area contributed by atoms with Crippen LogP contribution in [0.25, 0.3) is 16.7 Å². The lowest BCUT2D eigenvalue weighted by atomic mass is 10.1. The second kappa shape index (κ2) is 8.24. The number of fused-ring (bicyclic) bond motifs is 3. The first-order chi connectivity index (χ1) is 16.3. The van der Waals surface area contributed by atoms with E-state index in [9.17, 15) is 18.5 Å². The van der Waals surface area contributed by atoms with Crippen molar-refractivity contribution in [1.29, 1.82) is 5.26 Å². The fraction of sp³-hybridized carbons (Fsp3) is 0.240. The molecule has 0 saturated carbocycles. The number of nitrogens with zero attached hydrogens (tertiary/aromatic N) is 5. The minimum atomic E-state index is -3.66. The first-order valence-corrected chi connectivity index (χ1v) is 12.4. The van der Waals surface area contributed by atoms with Gasteiger partial charge in [-0.1, -0.05) is 24.3 Å². The fourth-order valence-corrected chi connectivity index (χ4v) is 5.89. The molecule has 0 radical (unpaired) electrons. The van der Waals surface area contributed by atoms with Gasteiger partial charge in [0.2, 0.25) is 10.0 Å². The number of sulfonamides is 1. The minimum absolute atomic E-state index is 0.103. The summed E-state index contributed by atoms with van der Waals surface area (Å²) in [5.41, 5.74) is 4.18. The number of aryl methyl sites for hydroxylation is 1. The van der Waals surface area contributed by atoms with Crippen LogP contribution in [0, 0.1) is 18.3 Å². The highest BCUT2D eigenvalue weighted by atomic mass is 32.2. The zero-order valence-electron chi connectivity index (χ0n) is 18.9. The molecule has 0 aliphatic carbocycles. The van der Waals surface area contributed by atoms with Crippen LogP contribution in [0.4, 0.5) is 5.82 Å². The van der Waals surface area contributed by atoms with E-state index in [1.165, 1.54) is 23.4 Å². The Labute approximate surface area is 197 Å². The van der Waals surface area contributed by atoms with Crippen molar-refractivity contribution in [3.8, 4) is 6.07 Å². The summed E-state index contributed by atoms with van der Waals surface area (Å²) in [5.74, 6) is 0.789. The summed E-state index contributed by atoms with van der Waals surface area (Å²) in [4.78, 5) is 18.5. The standard InChI is InChI=1S/C25H23N5O3S/c1-17-15-24(30-23-6-4-3-5-22(23)27-25(30)21(17)16-26)28-11-13-29(14-12-28)34(32,33)20-9-7-19(8-10-20)18(2)31/h3-10,15H,11-14H2,1-2H3. The number of pyridine rings is 1. The van der Waals surface area contributed by atoms with Gasteiger partial charge < -0.3 is 4.90 Å². The molecule has 0 atom stereocenters. The Hall–Kier alpha value is -3.74. The number of rotatable bonds is 4. The van der Waals surface area contributed by atoms with E-state index >= 15 is 0 Å². The summed E-state index contributed by atoms with van der Waals surface area (Å²) in [6, 6.07) is 18.1. The van der Waals surface area contributed by atoms with E-state index in [0.29, 0.717) is 43.0 Å². The van der Waals surface area contributed by atoms with E-state index in [0.717, 1.165) is 22.4 Å². The van der Waals surface area contributed by atoms with Crippen LogP contribution < -0.4 is 4.90 Å². The van der Waals surface area contributed by atoms with Crippen LogP contribution in [0.15, 0.2) is 59.5 Å². The number of hydrogen-bond donors (Lipinski definition) is 0. The molecule has 3 heterocycles. The second-order valence-electron chi connectivity index (χ2n) is 8.40. The van der Waals surface area contributed by atoms with Crippen molar-refractivity contribution in [2.75, 3.05) is 31.1 Å². The monoisotopic (exact) mass is 473 g/mol. The number of benzene rings is 2. The molecule has 2 aromatic heterocycles. The van der Waals surface area contributed by atoms with E-state index in [4.69, 9.17) is 4.98 Å². The fourth-order valence-electron chi connectivity index (χ4n) is 4.47. The molecule has 2 aromatic carbocycles. The van der Waals surface area contributed by atoms with Gasteiger partial charge in [-0.3, -0.25) is 9.20 Å². The van der Waals surface area contributed by atoms with Crippen molar-refractivity contribution >= 4 is 38.3 Å². The van der Waals surface area contributed by atoms with E-state index in [-0.39, 0.29) is 10.7 Å². The summed E-state index contributed by atoms with van der Waals surface area (Å²) < 4.78 is 29.8. The predicted octanol–water partition coefficient (Wildman–Crippen LogP) is 3.38. The third-order valence-electron chi connectivity index (χ3n) is 6.33. The molecule has 4 aromatic rings. The van der Waals surface area contributed by atoms with Crippen molar-refractivity contribution < 1.29 is 13.2 Å². The number of piperazine rings is 1. The van der Waals surface area contributed by atoms with Crippen molar-refractivity contribution in [1.82, 2.24) is 13.7 Å². The molecule has 0 unspecified atom stereocenters. The van der Waals surface area contributed by atoms with Crippen LogP contribution in [0.5, 0.6) is 0 Å². The maximum Gasteiger partial charge on any atom is 0.243 e. The Morgan fingerprint density at radius 3 is 2.35 bits per heavy atom. The Morgan fingerprint density at radius 1 is 1.03 bits per heavy atom. The van der Waals surface area contributed by atoms with Gasteiger partial charge in [0.05, 0.1) is 21.5 Å². The number of Topliss-reactive ketones (excluding diaryl/α,β-unsaturated/α-hetero) is 1. The molecule has 1 aliphatic heterocycles. The van der Waals surface area contributed by atoms with Crippen LogP contribution in [-0.2, 0) is 10.0 Å². The minimum Gasteiger partial charge on any atom is -0.355 e. The SMILES string of the molecule is CC(=O)c1ccc(S(=O)(=O)N2CCN(c3cc(C)c(C#N)c4nc5ccccc5n34)CC2)cc1. The highest BCUT2D eigenvalue weighted by Crippen LogP contribution is 2.30. The van der Waals surface area contributed by atoms with Gasteiger partial charge >= 0.3 is 0 Å². The lowest BCUT2D eigenvalue weighted by Crippen LogP contribution is -2.49. The number of imidazole rings is 1. The largest absolute Gasteiger partial charge is 0.355 e.